The van der Waals surface area contributed by atoms with Gasteiger partial charge in [0.25, 0.3) is 0 Å². The molecule has 8 nitrogen and oxygen atoms in total. The fraction of sp³-hybridized carbons (Fsp3) is 0.429. The molecule has 3 heterocycles. The van der Waals surface area contributed by atoms with Crippen LogP contribution in [0.2, 0.25) is 0 Å². The summed E-state index contributed by atoms with van der Waals surface area (Å²) in [7, 11) is 0. The fourth-order valence-electron chi connectivity index (χ4n) is 6.75. The van der Waals surface area contributed by atoms with Crippen LogP contribution in [0.1, 0.15) is 64.5 Å². The average Bonchev–Trinajstić information content (AvgIpc) is 3.11. The number of nitrogens with one attached hydrogen (secondary N) is 1. The van der Waals surface area contributed by atoms with Crippen LogP contribution in [0.5, 0.6) is 11.8 Å². The number of anilines is 1. The van der Waals surface area contributed by atoms with Crippen LogP contribution in [0.3, 0.4) is 0 Å². The highest BCUT2D eigenvalue weighted by Crippen LogP contribution is 2.35. The summed E-state index contributed by atoms with van der Waals surface area (Å²) in [6.07, 6.45) is 2.09. The Balaban J connectivity index is 1.05. The van der Waals surface area contributed by atoms with Crippen LogP contribution in [0, 0.1) is 0 Å². The maximum absolute atomic E-state index is 16.2. The normalized spacial score (nSPS) is 17.4. The lowest BCUT2D eigenvalue weighted by Crippen LogP contribution is -2.56. The van der Waals surface area contributed by atoms with Crippen molar-refractivity contribution in [3.05, 3.63) is 108 Å². The number of benzene rings is 3. The molecule has 2 aliphatic rings. The van der Waals surface area contributed by atoms with E-state index in [1.54, 1.807) is 0 Å². The number of hydrogen-bond acceptors (Lipinski definition) is 7. The fourth-order valence-corrected chi connectivity index (χ4v) is 6.75. The number of carbonyl (C=O) groups excluding carboxylic acids is 1. The van der Waals surface area contributed by atoms with Gasteiger partial charge >= 0.3 is 6.09 Å². The molecule has 1 amide bonds. The topological polar surface area (TPSA) is 76.2 Å². The molecule has 2 aliphatic heterocycles. The zero-order valence-electron chi connectivity index (χ0n) is 30.4. The Morgan fingerprint density at radius 1 is 0.784 bits per heavy atom. The van der Waals surface area contributed by atoms with Crippen LogP contribution in [-0.2, 0) is 18.0 Å². The van der Waals surface area contributed by atoms with Crippen molar-refractivity contribution in [2.75, 3.05) is 37.6 Å². The zero-order valence-corrected chi connectivity index (χ0v) is 30.4. The molecule has 1 aromatic heterocycles. The molecule has 0 unspecified atom stereocenters. The molecule has 270 valence electrons. The summed E-state index contributed by atoms with van der Waals surface area (Å²) < 4.78 is 33.9. The zero-order chi connectivity index (χ0) is 35.9. The molecule has 0 spiro atoms. The van der Waals surface area contributed by atoms with Crippen LogP contribution >= 0.6 is 0 Å². The number of rotatable bonds is 11. The summed E-state index contributed by atoms with van der Waals surface area (Å²) in [6, 6.07) is 32.3. The highest BCUT2D eigenvalue weighted by atomic mass is 19.1. The average molecular weight is 695 g/mol. The summed E-state index contributed by atoms with van der Waals surface area (Å²) in [5.41, 5.74) is 2.94. The number of pyridine rings is 1. The maximum atomic E-state index is 16.2. The van der Waals surface area contributed by atoms with E-state index >= 15 is 4.39 Å². The van der Waals surface area contributed by atoms with Crippen molar-refractivity contribution < 1.29 is 23.4 Å². The predicted molar refractivity (Wildman–Crippen MR) is 200 cm³/mol. The van der Waals surface area contributed by atoms with E-state index in [9.17, 15) is 4.79 Å². The SMILES string of the molecule is CC1(NC(=O)OC(C)(C)C)CCN(CC2(F)CCN(c3ccc(-c4ccc(OCc5ccccc5)nc4OCc4ccccc4)cc3)CC2)CC1. The summed E-state index contributed by atoms with van der Waals surface area (Å²) in [5.74, 6) is 1.01. The summed E-state index contributed by atoms with van der Waals surface area (Å²) in [4.78, 5) is 21.6. The number of alkyl halides is 1. The number of likely N-dealkylation sites (tertiary alicyclic amines) is 1. The highest BCUT2D eigenvalue weighted by Gasteiger charge is 2.39. The number of alkyl carbamates (subject to hydrolysis) is 1. The van der Waals surface area contributed by atoms with Gasteiger partial charge in [-0.25, -0.2) is 9.18 Å². The molecule has 4 aromatic rings. The van der Waals surface area contributed by atoms with Gasteiger partial charge in [-0.05, 0) is 75.4 Å². The van der Waals surface area contributed by atoms with Crippen molar-refractivity contribution >= 4 is 11.8 Å². The monoisotopic (exact) mass is 694 g/mol. The van der Waals surface area contributed by atoms with Gasteiger partial charge in [-0.15, -0.1) is 0 Å². The molecule has 0 aliphatic carbocycles. The number of ether oxygens (including phenoxy) is 3. The molecule has 3 aromatic carbocycles. The van der Waals surface area contributed by atoms with Crippen molar-refractivity contribution in [1.29, 1.82) is 0 Å². The quantitative estimate of drug-likeness (QED) is 0.169. The van der Waals surface area contributed by atoms with E-state index in [4.69, 9.17) is 19.2 Å². The van der Waals surface area contributed by atoms with E-state index in [1.807, 2.05) is 93.6 Å². The molecule has 6 rings (SSSR count). The lowest BCUT2D eigenvalue weighted by atomic mass is 9.87. The van der Waals surface area contributed by atoms with Crippen molar-refractivity contribution in [2.45, 2.75) is 83.4 Å². The van der Waals surface area contributed by atoms with Gasteiger partial charge < -0.3 is 24.4 Å². The van der Waals surface area contributed by atoms with Crippen LogP contribution in [0.15, 0.2) is 97.1 Å². The Bertz CT molecular complexity index is 1710. The Labute approximate surface area is 301 Å². The molecule has 1 N–H and O–H groups in total. The van der Waals surface area contributed by atoms with Gasteiger partial charge in [-0.2, -0.15) is 4.98 Å². The number of hydrogen-bond donors (Lipinski definition) is 1. The molecule has 0 saturated carbocycles. The van der Waals surface area contributed by atoms with E-state index < -0.39 is 17.4 Å². The number of halogens is 1. The first kappa shape index (κ1) is 36.2. The van der Waals surface area contributed by atoms with Gasteiger partial charge in [0.1, 0.15) is 24.5 Å². The molecule has 9 heteroatoms. The van der Waals surface area contributed by atoms with E-state index in [1.165, 1.54) is 0 Å². The second-order valence-corrected chi connectivity index (χ2v) is 15.2. The van der Waals surface area contributed by atoms with Crippen molar-refractivity contribution in [3.8, 4) is 22.9 Å². The lowest BCUT2D eigenvalue weighted by molar-refractivity contribution is 0.0279. The third-order valence-corrected chi connectivity index (χ3v) is 9.75. The number of nitrogens with zero attached hydrogens (tertiary/aromatic N) is 3. The minimum absolute atomic E-state index is 0.346. The summed E-state index contributed by atoms with van der Waals surface area (Å²) in [6.45, 7) is 11.7. The first-order chi connectivity index (χ1) is 24.4. The molecule has 0 bridgehead atoms. The van der Waals surface area contributed by atoms with Crippen LogP contribution in [0.25, 0.3) is 11.1 Å². The van der Waals surface area contributed by atoms with Gasteiger partial charge in [-0.1, -0.05) is 72.8 Å². The van der Waals surface area contributed by atoms with Crippen LogP contribution in [-0.4, -0.2) is 65.5 Å². The van der Waals surface area contributed by atoms with Gasteiger partial charge in [0.2, 0.25) is 11.8 Å². The largest absolute Gasteiger partial charge is 0.473 e. The standard InChI is InChI=1S/C42H51FN4O4/c1-40(2,3)51-39(48)45-41(4)21-25-46(26-22-41)31-42(43)23-27-47(28-24-42)35-17-15-34(16-18-35)36-19-20-37(49-29-32-11-7-5-8-12-32)44-38(36)50-30-33-13-9-6-10-14-33/h5-20H,21-31H2,1-4H3,(H,45,48). The maximum Gasteiger partial charge on any atom is 0.408 e. The van der Waals surface area contributed by atoms with Crippen LogP contribution in [0.4, 0.5) is 14.9 Å². The summed E-state index contributed by atoms with van der Waals surface area (Å²) >= 11 is 0. The van der Waals surface area contributed by atoms with E-state index in [0.717, 1.165) is 53.9 Å². The van der Waals surface area contributed by atoms with Gasteiger partial charge in [0.15, 0.2) is 0 Å². The molecule has 2 fully saturated rings. The predicted octanol–water partition coefficient (Wildman–Crippen LogP) is 8.59. The molecule has 0 atom stereocenters. The third-order valence-electron chi connectivity index (χ3n) is 9.75. The number of aromatic nitrogens is 1. The smallest absolute Gasteiger partial charge is 0.408 e. The highest BCUT2D eigenvalue weighted by molar-refractivity contribution is 5.71. The van der Waals surface area contributed by atoms with E-state index in [-0.39, 0.29) is 5.54 Å². The molecule has 0 radical (unpaired) electrons. The number of amides is 1. The molecular formula is C42H51FN4O4. The molecule has 2 saturated heterocycles. The second-order valence-electron chi connectivity index (χ2n) is 15.2. The third kappa shape index (κ3) is 10.2. The second kappa shape index (κ2) is 15.7. The molecule has 51 heavy (non-hydrogen) atoms. The lowest BCUT2D eigenvalue weighted by Gasteiger charge is -2.44. The molecular weight excluding hydrogens is 643 g/mol. The Morgan fingerprint density at radius 2 is 1.37 bits per heavy atom. The Morgan fingerprint density at radius 3 is 1.96 bits per heavy atom. The minimum Gasteiger partial charge on any atom is -0.473 e. The first-order valence-electron chi connectivity index (χ1n) is 18.1. The minimum atomic E-state index is -1.23. The van der Waals surface area contributed by atoms with Crippen molar-refractivity contribution in [2.24, 2.45) is 0 Å². The van der Waals surface area contributed by atoms with Gasteiger partial charge in [0.05, 0.1) is 0 Å². The number of piperidine rings is 2. The van der Waals surface area contributed by atoms with Gasteiger partial charge in [0, 0.05) is 68.4 Å². The van der Waals surface area contributed by atoms with Crippen molar-refractivity contribution in [3.63, 3.8) is 0 Å². The summed E-state index contributed by atoms with van der Waals surface area (Å²) in [5, 5.41) is 3.05. The number of carbonyl (C=O) groups is 1. The Kier molecular flexibility index (Phi) is 11.2. The first-order valence-corrected chi connectivity index (χ1v) is 18.1. The van der Waals surface area contributed by atoms with E-state index in [2.05, 4.69) is 46.3 Å². The van der Waals surface area contributed by atoms with Crippen LogP contribution < -0.4 is 19.7 Å². The Hall–Kier alpha value is -4.63. The van der Waals surface area contributed by atoms with Crippen molar-refractivity contribution in [1.82, 2.24) is 15.2 Å². The van der Waals surface area contributed by atoms with E-state index in [0.29, 0.717) is 57.4 Å². The van der Waals surface area contributed by atoms with Gasteiger partial charge in [-0.3, -0.25) is 4.90 Å².